The number of pyridine rings is 1. The molecule has 104 valence electrons. The van der Waals surface area contributed by atoms with Crippen LogP contribution in [-0.2, 0) is 13.0 Å². The van der Waals surface area contributed by atoms with Crippen molar-refractivity contribution in [2.75, 3.05) is 17.2 Å². The van der Waals surface area contributed by atoms with Gasteiger partial charge in [-0.25, -0.2) is 0 Å². The van der Waals surface area contributed by atoms with Crippen molar-refractivity contribution < 1.29 is 0 Å². The van der Waals surface area contributed by atoms with Crippen molar-refractivity contribution in [2.24, 2.45) is 0 Å². The van der Waals surface area contributed by atoms with E-state index >= 15 is 0 Å². The number of aromatic nitrogens is 1. The Labute approximate surface area is 124 Å². The fourth-order valence-electron chi connectivity index (χ4n) is 3.11. The molecule has 1 aliphatic heterocycles. The van der Waals surface area contributed by atoms with Gasteiger partial charge < -0.3 is 10.6 Å². The predicted octanol–water partition coefficient (Wildman–Crippen LogP) is 3.38. The second-order valence-electron chi connectivity index (χ2n) is 5.52. The molecular formula is C18H17N3. The summed E-state index contributed by atoms with van der Waals surface area (Å²) in [7, 11) is 0. The molecule has 0 amide bonds. The SMILES string of the molecule is Nc1cc(CN2CCc3ccccc32)nc2ccccc12. The van der Waals surface area contributed by atoms with Gasteiger partial charge >= 0.3 is 0 Å². The number of benzene rings is 2. The van der Waals surface area contributed by atoms with Crippen LogP contribution in [0.4, 0.5) is 11.4 Å². The van der Waals surface area contributed by atoms with Gasteiger partial charge in [-0.3, -0.25) is 4.98 Å². The minimum atomic E-state index is 0.808. The lowest BCUT2D eigenvalue weighted by Crippen LogP contribution is -2.20. The third kappa shape index (κ3) is 2.11. The summed E-state index contributed by atoms with van der Waals surface area (Å²) >= 11 is 0. The number of hydrogen-bond donors (Lipinski definition) is 1. The fourth-order valence-corrected chi connectivity index (χ4v) is 3.11. The van der Waals surface area contributed by atoms with Crippen molar-refractivity contribution >= 4 is 22.3 Å². The molecule has 0 saturated carbocycles. The molecule has 0 fully saturated rings. The molecule has 21 heavy (non-hydrogen) atoms. The molecule has 0 bridgehead atoms. The Morgan fingerprint density at radius 1 is 1.05 bits per heavy atom. The summed E-state index contributed by atoms with van der Waals surface area (Å²) in [5.74, 6) is 0. The van der Waals surface area contributed by atoms with Crippen LogP contribution in [0, 0.1) is 0 Å². The van der Waals surface area contributed by atoms with Crippen LogP contribution in [0.15, 0.2) is 54.6 Å². The quantitative estimate of drug-likeness (QED) is 0.779. The predicted molar refractivity (Wildman–Crippen MR) is 87.4 cm³/mol. The highest BCUT2D eigenvalue weighted by Crippen LogP contribution is 2.29. The lowest BCUT2D eigenvalue weighted by molar-refractivity contribution is 0.818. The minimum absolute atomic E-state index is 0.808. The Kier molecular flexibility index (Phi) is 2.78. The molecule has 0 saturated heterocycles. The molecular weight excluding hydrogens is 258 g/mol. The highest BCUT2D eigenvalue weighted by Gasteiger charge is 2.19. The van der Waals surface area contributed by atoms with E-state index in [1.165, 1.54) is 11.3 Å². The summed E-state index contributed by atoms with van der Waals surface area (Å²) in [5, 5.41) is 1.03. The van der Waals surface area contributed by atoms with Gasteiger partial charge in [-0.1, -0.05) is 36.4 Å². The number of nitrogen functional groups attached to an aromatic ring is 1. The van der Waals surface area contributed by atoms with Gasteiger partial charge in [0.05, 0.1) is 17.8 Å². The normalized spacial score (nSPS) is 13.6. The number of hydrogen-bond acceptors (Lipinski definition) is 3. The van der Waals surface area contributed by atoms with E-state index in [1.807, 2.05) is 30.3 Å². The zero-order chi connectivity index (χ0) is 14.2. The van der Waals surface area contributed by atoms with E-state index in [-0.39, 0.29) is 0 Å². The van der Waals surface area contributed by atoms with Crippen LogP contribution >= 0.6 is 0 Å². The first-order valence-corrected chi connectivity index (χ1v) is 7.28. The minimum Gasteiger partial charge on any atom is -0.398 e. The number of nitrogens with two attached hydrogens (primary N) is 1. The van der Waals surface area contributed by atoms with Gasteiger partial charge in [0.1, 0.15) is 0 Å². The van der Waals surface area contributed by atoms with Crippen molar-refractivity contribution in [3.63, 3.8) is 0 Å². The van der Waals surface area contributed by atoms with Crippen LogP contribution in [-0.4, -0.2) is 11.5 Å². The van der Waals surface area contributed by atoms with Crippen molar-refractivity contribution in [1.29, 1.82) is 0 Å². The molecule has 0 spiro atoms. The number of para-hydroxylation sites is 2. The van der Waals surface area contributed by atoms with Crippen LogP contribution in [0.2, 0.25) is 0 Å². The van der Waals surface area contributed by atoms with Crippen LogP contribution in [0.3, 0.4) is 0 Å². The average molecular weight is 275 g/mol. The maximum Gasteiger partial charge on any atom is 0.0726 e. The Balaban J connectivity index is 1.69. The Hall–Kier alpha value is -2.55. The molecule has 2 N–H and O–H groups in total. The van der Waals surface area contributed by atoms with E-state index in [0.717, 1.165) is 41.8 Å². The summed E-state index contributed by atoms with van der Waals surface area (Å²) in [6, 6.07) is 18.6. The highest BCUT2D eigenvalue weighted by molar-refractivity contribution is 5.90. The maximum atomic E-state index is 6.17. The molecule has 0 unspecified atom stereocenters. The molecule has 0 atom stereocenters. The van der Waals surface area contributed by atoms with Crippen LogP contribution in [0.25, 0.3) is 10.9 Å². The maximum absolute atomic E-state index is 6.17. The Morgan fingerprint density at radius 2 is 1.86 bits per heavy atom. The third-order valence-electron chi connectivity index (χ3n) is 4.14. The molecule has 0 aliphatic carbocycles. The van der Waals surface area contributed by atoms with Crippen molar-refractivity contribution in [2.45, 2.75) is 13.0 Å². The monoisotopic (exact) mass is 275 g/mol. The van der Waals surface area contributed by atoms with Gasteiger partial charge in [0.25, 0.3) is 0 Å². The number of fused-ring (bicyclic) bond motifs is 2. The molecule has 2 heterocycles. The van der Waals surface area contributed by atoms with Gasteiger partial charge in [0.2, 0.25) is 0 Å². The van der Waals surface area contributed by atoms with Crippen LogP contribution in [0.5, 0.6) is 0 Å². The second kappa shape index (κ2) is 4.77. The molecule has 3 nitrogen and oxygen atoms in total. The lowest BCUT2D eigenvalue weighted by Gasteiger charge is -2.19. The van der Waals surface area contributed by atoms with E-state index in [9.17, 15) is 0 Å². The molecule has 1 aromatic heterocycles. The fraction of sp³-hybridized carbons (Fsp3) is 0.167. The number of rotatable bonds is 2. The average Bonchev–Trinajstić information content (AvgIpc) is 2.91. The second-order valence-corrected chi connectivity index (χ2v) is 5.52. The van der Waals surface area contributed by atoms with Gasteiger partial charge in [0.15, 0.2) is 0 Å². The Bertz CT molecular complexity index is 810. The smallest absolute Gasteiger partial charge is 0.0726 e. The van der Waals surface area contributed by atoms with Crippen LogP contribution < -0.4 is 10.6 Å². The van der Waals surface area contributed by atoms with Crippen molar-refractivity contribution in [3.8, 4) is 0 Å². The standard InChI is InChI=1S/C18H17N3/c19-16-11-14(20-17-7-3-2-6-15(16)17)12-21-10-9-13-5-1-4-8-18(13)21/h1-8,11H,9-10,12H2,(H2,19,20). The van der Waals surface area contributed by atoms with E-state index in [1.54, 1.807) is 0 Å². The summed E-state index contributed by atoms with van der Waals surface area (Å²) in [4.78, 5) is 7.13. The zero-order valence-electron chi connectivity index (χ0n) is 11.8. The molecule has 2 aromatic carbocycles. The number of nitrogens with zero attached hydrogens (tertiary/aromatic N) is 2. The largest absolute Gasteiger partial charge is 0.398 e. The van der Waals surface area contributed by atoms with Gasteiger partial charge in [-0.15, -0.1) is 0 Å². The first-order chi connectivity index (χ1) is 10.3. The van der Waals surface area contributed by atoms with Gasteiger partial charge in [-0.05, 0) is 30.2 Å². The van der Waals surface area contributed by atoms with Gasteiger partial charge in [0, 0.05) is 23.3 Å². The molecule has 1 aliphatic rings. The summed E-state index contributed by atoms with van der Waals surface area (Å²) in [6.07, 6.45) is 1.11. The molecule has 0 radical (unpaired) electrons. The third-order valence-corrected chi connectivity index (χ3v) is 4.14. The molecule has 3 heteroatoms. The van der Waals surface area contributed by atoms with E-state index in [0.29, 0.717) is 0 Å². The highest BCUT2D eigenvalue weighted by atomic mass is 15.2. The molecule has 4 rings (SSSR count). The van der Waals surface area contributed by atoms with Crippen molar-refractivity contribution in [1.82, 2.24) is 4.98 Å². The summed E-state index contributed by atoms with van der Waals surface area (Å²) in [5.41, 5.74) is 11.7. The zero-order valence-corrected chi connectivity index (χ0v) is 11.8. The first-order valence-electron chi connectivity index (χ1n) is 7.28. The lowest BCUT2D eigenvalue weighted by atomic mass is 10.1. The first kappa shape index (κ1) is 12.2. The topological polar surface area (TPSA) is 42.1 Å². The van der Waals surface area contributed by atoms with Gasteiger partial charge in [-0.2, -0.15) is 0 Å². The molecule has 3 aromatic rings. The number of anilines is 2. The van der Waals surface area contributed by atoms with E-state index in [2.05, 4.69) is 29.2 Å². The summed E-state index contributed by atoms with van der Waals surface area (Å²) < 4.78 is 0. The summed E-state index contributed by atoms with van der Waals surface area (Å²) in [6.45, 7) is 1.86. The van der Waals surface area contributed by atoms with E-state index in [4.69, 9.17) is 10.7 Å². The Morgan fingerprint density at radius 3 is 2.81 bits per heavy atom. The van der Waals surface area contributed by atoms with Crippen molar-refractivity contribution in [3.05, 3.63) is 65.9 Å². The van der Waals surface area contributed by atoms with E-state index < -0.39 is 0 Å². The van der Waals surface area contributed by atoms with Crippen LogP contribution in [0.1, 0.15) is 11.3 Å².